The number of hydrogen-bond donors (Lipinski definition) is 1. The quantitative estimate of drug-likeness (QED) is 0.690. The Hall–Kier alpha value is -3.27. The first-order chi connectivity index (χ1) is 16.4. The molecule has 1 N–H and O–H groups in total. The number of likely N-dealkylation sites (tertiary alicyclic amines) is 1. The highest BCUT2D eigenvalue weighted by Gasteiger charge is 2.49. The molecule has 0 bridgehead atoms. The van der Waals surface area contributed by atoms with Gasteiger partial charge in [-0.1, -0.05) is 30.3 Å². The van der Waals surface area contributed by atoms with Crippen molar-refractivity contribution in [3.05, 3.63) is 77.0 Å². The number of sulfonamides is 1. The lowest BCUT2D eigenvalue weighted by Crippen LogP contribution is -2.48. The molecule has 4 rings (SSSR count). The largest absolute Gasteiger partial charge is 0.377 e. The molecule has 0 unspecified atom stereocenters. The molecule has 7 nitrogen and oxygen atoms in total. The van der Waals surface area contributed by atoms with Gasteiger partial charge in [0.05, 0.1) is 5.54 Å². The van der Waals surface area contributed by atoms with E-state index in [1.165, 1.54) is 11.0 Å². The Kier molecular flexibility index (Phi) is 6.44. The van der Waals surface area contributed by atoms with E-state index in [1.54, 1.807) is 51.1 Å². The maximum absolute atomic E-state index is 13.5. The second-order valence-corrected chi connectivity index (χ2v) is 11.4. The van der Waals surface area contributed by atoms with Crippen molar-refractivity contribution < 1.29 is 26.8 Å². The number of rotatable bonds is 4. The van der Waals surface area contributed by atoms with Crippen LogP contribution in [-0.2, 0) is 14.8 Å². The molecule has 10 heteroatoms. The van der Waals surface area contributed by atoms with Crippen LogP contribution in [0.3, 0.4) is 0 Å². The van der Waals surface area contributed by atoms with Gasteiger partial charge in [-0.05, 0) is 57.4 Å². The summed E-state index contributed by atoms with van der Waals surface area (Å²) in [7, 11) is -4.09. The minimum absolute atomic E-state index is 0.0245. The third-order valence-electron chi connectivity index (χ3n) is 6.07. The first-order valence-electron chi connectivity index (χ1n) is 11.3. The average molecular weight is 504 g/mol. The van der Waals surface area contributed by atoms with E-state index < -0.39 is 39.0 Å². The number of carbonyl (C=O) groups excluding carboxylic acids is 2. The molecule has 0 spiro atoms. The minimum Gasteiger partial charge on any atom is -0.377 e. The molecule has 2 aromatic carbocycles. The van der Waals surface area contributed by atoms with Crippen molar-refractivity contribution in [1.82, 2.24) is 14.5 Å². The molecule has 0 aliphatic carbocycles. The molecule has 2 heterocycles. The highest BCUT2D eigenvalue weighted by Crippen LogP contribution is 2.39. The maximum atomic E-state index is 13.5. The molecule has 2 aliphatic heterocycles. The van der Waals surface area contributed by atoms with Gasteiger partial charge in [0.15, 0.2) is 11.6 Å². The Morgan fingerprint density at radius 2 is 1.63 bits per heavy atom. The van der Waals surface area contributed by atoms with Gasteiger partial charge in [0.2, 0.25) is 0 Å². The second-order valence-electron chi connectivity index (χ2n) is 9.66. The van der Waals surface area contributed by atoms with E-state index in [2.05, 4.69) is 5.32 Å². The highest BCUT2D eigenvalue weighted by atomic mass is 32.2. The van der Waals surface area contributed by atoms with Gasteiger partial charge in [0.1, 0.15) is 10.6 Å². The Labute approximate surface area is 203 Å². The minimum atomic E-state index is -4.09. The molecule has 0 saturated carbocycles. The topological polar surface area (TPSA) is 86.8 Å². The summed E-state index contributed by atoms with van der Waals surface area (Å²) in [4.78, 5) is 27.5. The van der Waals surface area contributed by atoms with E-state index >= 15 is 0 Å². The predicted octanol–water partition coefficient (Wildman–Crippen LogP) is 3.50. The lowest BCUT2D eigenvalue weighted by Gasteiger charge is -2.33. The number of amides is 2. The van der Waals surface area contributed by atoms with Crippen LogP contribution in [-0.4, -0.2) is 54.1 Å². The van der Waals surface area contributed by atoms with Gasteiger partial charge < -0.3 is 10.2 Å². The van der Waals surface area contributed by atoms with Gasteiger partial charge in [0.25, 0.3) is 21.8 Å². The number of carbonyl (C=O) groups is 2. The van der Waals surface area contributed by atoms with Crippen LogP contribution >= 0.6 is 0 Å². The van der Waals surface area contributed by atoms with E-state index in [9.17, 15) is 26.8 Å². The van der Waals surface area contributed by atoms with Crippen molar-refractivity contribution in [2.75, 3.05) is 13.1 Å². The van der Waals surface area contributed by atoms with Crippen molar-refractivity contribution >= 4 is 26.7 Å². The normalized spacial score (nSPS) is 18.8. The zero-order valence-electron chi connectivity index (χ0n) is 19.7. The summed E-state index contributed by atoms with van der Waals surface area (Å²) < 4.78 is 54.6. The molecule has 186 valence electrons. The zero-order valence-corrected chi connectivity index (χ0v) is 20.5. The molecule has 2 aromatic rings. The van der Waals surface area contributed by atoms with Crippen molar-refractivity contribution in [3.63, 3.8) is 0 Å². The maximum Gasteiger partial charge on any atom is 0.285 e. The third kappa shape index (κ3) is 4.67. The van der Waals surface area contributed by atoms with Crippen molar-refractivity contribution in [2.45, 2.75) is 45.2 Å². The summed E-state index contributed by atoms with van der Waals surface area (Å²) in [6, 6.07) is 11.3. The van der Waals surface area contributed by atoms with E-state index in [1.807, 2.05) is 0 Å². The summed E-state index contributed by atoms with van der Waals surface area (Å²) in [6.07, 6.45) is 0.896. The summed E-state index contributed by atoms with van der Waals surface area (Å²) in [6.45, 7) is 5.61. The molecule has 35 heavy (non-hydrogen) atoms. The van der Waals surface area contributed by atoms with Crippen LogP contribution in [0.2, 0.25) is 0 Å². The van der Waals surface area contributed by atoms with Gasteiger partial charge in [-0.2, -0.15) is 0 Å². The van der Waals surface area contributed by atoms with Crippen LogP contribution in [0.1, 0.15) is 49.5 Å². The fourth-order valence-electron chi connectivity index (χ4n) is 4.45. The van der Waals surface area contributed by atoms with Crippen molar-refractivity contribution in [3.8, 4) is 0 Å². The van der Waals surface area contributed by atoms with Crippen LogP contribution in [0.15, 0.2) is 54.2 Å². The zero-order chi connectivity index (χ0) is 25.5. The van der Waals surface area contributed by atoms with E-state index in [0.717, 1.165) is 16.4 Å². The number of nitrogens with zero attached hydrogens (tertiary/aromatic N) is 2. The summed E-state index contributed by atoms with van der Waals surface area (Å²) in [5, 5.41) is 3.15. The molecular formula is C25H27F2N3O4S. The van der Waals surface area contributed by atoms with Crippen LogP contribution in [0, 0.1) is 11.6 Å². The first kappa shape index (κ1) is 24.8. The smallest absolute Gasteiger partial charge is 0.285 e. The molecule has 2 aliphatic rings. The standard InChI is InChI=1S/C25H27F2N3O4S/c1-25(2,3)30-24(32)21(22(35(30,33)34)16-7-5-4-6-8-16)28-18-11-13-29(14-12-18)23(31)17-9-10-19(26)20(27)15-17/h4-10,15,18,28H,11-14H2,1-3H3. The van der Waals surface area contributed by atoms with Gasteiger partial charge >= 0.3 is 0 Å². The monoisotopic (exact) mass is 503 g/mol. The Balaban J connectivity index is 1.56. The fourth-order valence-corrected chi connectivity index (χ4v) is 6.50. The van der Waals surface area contributed by atoms with Crippen LogP contribution in [0.5, 0.6) is 0 Å². The molecule has 0 radical (unpaired) electrons. The highest BCUT2D eigenvalue weighted by molar-refractivity contribution is 7.99. The van der Waals surface area contributed by atoms with Crippen molar-refractivity contribution in [1.29, 1.82) is 0 Å². The van der Waals surface area contributed by atoms with Crippen molar-refractivity contribution in [2.24, 2.45) is 0 Å². The molecule has 1 saturated heterocycles. The molecule has 1 fully saturated rings. The molecule has 0 atom stereocenters. The molecule has 2 amide bonds. The lowest BCUT2D eigenvalue weighted by atomic mass is 10.0. The number of halogens is 2. The van der Waals surface area contributed by atoms with Gasteiger partial charge in [-0.25, -0.2) is 21.5 Å². The summed E-state index contributed by atoms with van der Waals surface area (Å²) in [5.41, 5.74) is -0.459. The van der Waals surface area contributed by atoms with Gasteiger partial charge in [-0.3, -0.25) is 9.59 Å². The van der Waals surface area contributed by atoms with E-state index in [-0.39, 0.29) is 22.2 Å². The van der Waals surface area contributed by atoms with Crippen LogP contribution < -0.4 is 5.32 Å². The number of nitrogens with one attached hydrogen (secondary N) is 1. The van der Waals surface area contributed by atoms with Crippen LogP contribution in [0.4, 0.5) is 8.78 Å². The fraction of sp³-hybridized carbons (Fsp3) is 0.360. The molecule has 0 aromatic heterocycles. The van der Waals surface area contributed by atoms with E-state index in [0.29, 0.717) is 31.5 Å². The second kappa shape index (κ2) is 9.07. The summed E-state index contributed by atoms with van der Waals surface area (Å²) in [5.74, 6) is -3.13. The average Bonchev–Trinajstić information content (AvgIpc) is 3.00. The van der Waals surface area contributed by atoms with Crippen LogP contribution in [0.25, 0.3) is 4.91 Å². The Bertz CT molecular complexity index is 1300. The lowest BCUT2D eigenvalue weighted by molar-refractivity contribution is -0.125. The number of piperidine rings is 1. The summed E-state index contributed by atoms with van der Waals surface area (Å²) >= 11 is 0. The first-order valence-corrected chi connectivity index (χ1v) is 12.8. The van der Waals surface area contributed by atoms with Gasteiger partial charge in [-0.15, -0.1) is 0 Å². The molecular weight excluding hydrogens is 476 g/mol. The SMILES string of the molecule is CC(C)(C)N1C(=O)C(NC2CCN(C(=O)c3ccc(F)c(F)c3)CC2)=C(c2ccccc2)S1(=O)=O. The Morgan fingerprint density at radius 3 is 2.20 bits per heavy atom. The van der Waals surface area contributed by atoms with Gasteiger partial charge in [0, 0.05) is 24.7 Å². The third-order valence-corrected chi connectivity index (χ3v) is 8.22. The number of benzene rings is 2. The van der Waals surface area contributed by atoms with E-state index in [4.69, 9.17) is 0 Å². The number of hydrogen-bond acceptors (Lipinski definition) is 5. The predicted molar refractivity (Wildman–Crippen MR) is 127 cm³/mol. The Morgan fingerprint density at radius 1 is 1.00 bits per heavy atom.